The lowest BCUT2D eigenvalue weighted by Gasteiger charge is -2.05. The SMILES string of the molecule is COCOCc1cc(Br)ccc1I. The van der Waals surface area contributed by atoms with Crippen LogP contribution in [0.5, 0.6) is 0 Å². The molecule has 0 spiro atoms. The van der Waals surface area contributed by atoms with Gasteiger partial charge in [-0.15, -0.1) is 0 Å². The monoisotopic (exact) mass is 356 g/mol. The number of rotatable bonds is 4. The molecule has 1 aromatic rings. The van der Waals surface area contributed by atoms with Gasteiger partial charge in [-0.2, -0.15) is 0 Å². The van der Waals surface area contributed by atoms with Gasteiger partial charge in [0.05, 0.1) is 6.61 Å². The molecule has 0 radical (unpaired) electrons. The van der Waals surface area contributed by atoms with Gasteiger partial charge in [-0.25, -0.2) is 0 Å². The normalized spacial score (nSPS) is 10.4. The maximum Gasteiger partial charge on any atom is 0.146 e. The minimum Gasteiger partial charge on any atom is -0.359 e. The first-order chi connectivity index (χ1) is 6.24. The van der Waals surface area contributed by atoms with Crippen LogP contribution in [0.4, 0.5) is 0 Å². The first kappa shape index (κ1) is 11.4. The second-order valence-corrected chi connectivity index (χ2v) is 4.57. The molecule has 2 nitrogen and oxygen atoms in total. The van der Waals surface area contributed by atoms with Crippen LogP contribution >= 0.6 is 38.5 Å². The van der Waals surface area contributed by atoms with Crippen LogP contribution in [-0.4, -0.2) is 13.9 Å². The van der Waals surface area contributed by atoms with Crippen LogP contribution in [0.25, 0.3) is 0 Å². The van der Waals surface area contributed by atoms with Gasteiger partial charge >= 0.3 is 0 Å². The summed E-state index contributed by atoms with van der Waals surface area (Å²) >= 11 is 5.70. The molecule has 0 N–H and O–H groups in total. The summed E-state index contributed by atoms with van der Waals surface area (Å²) in [6.07, 6.45) is 0. The van der Waals surface area contributed by atoms with Crippen molar-refractivity contribution in [2.75, 3.05) is 13.9 Å². The lowest BCUT2D eigenvalue weighted by molar-refractivity contribution is -0.0392. The van der Waals surface area contributed by atoms with Gasteiger partial charge in [-0.1, -0.05) is 15.9 Å². The Morgan fingerprint density at radius 3 is 2.92 bits per heavy atom. The predicted octanol–water partition coefficient (Wildman–Crippen LogP) is 3.17. The minimum atomic E-state index is 0.336. The third-order valence-corrected chi connectivity index (χ3v) is 3.01. The van der Waals surface area contributed by atoms with Crippen molar-refractivity contribution in [1.82, 2.24) is 0 Å². The largest absolute Gasteiger partial charge is 0.359 e. The maximum absolute atomic E-state index is 5.26. The van der Waals surface area contributed by atoms with E-state index in [2.05, 4.69) is 50.7 Å². The van der Waals surface area contributed by atoms with Crippen molar-refractivity contribution >= 4 is 38.5 Å². The summed E-state index contributed by atoms with van der Waals surface area (Å²) in [6, 6.07) is 6.12. The van der Waals surface area contributed by atoms with Crippen molar-refractivity contribution in [2.24, 2.45) is 0 Å². The van der Waals surface area contributed by atoms with Gasteiger partial charge in [0.15, 0.2) is 0 Å². The Morgan fingerprint density at radius 1 is 1.46 bits per heavy atom. The van der Waals surface area contributed by atoms with Crippen molar-refractivity contribution in [1.29, 1.82) is 0 Å². The molecule has 0 heterocycles. The van der Waals surface area contributed by atoms with Crippen LogP contribution in [0.15, 0.2) is 22.7 Å². The average Bonchev–Trinajstić information content (AvgIpc) is 2.11. The number of hydrogen-bond acceptors (Lipinski definition) is 2. The fourth-order valence-corrected chi connectivity index (χ4v) is 1.79. The fourth-order valence-electron chi connectivity index (χ4n) is 0.889. The summed E-state index contributed by atoms with van der Waals surface area (Å²) in [5, 5.41) is 0. The average molecular weight is 357 g/mol. The number of methoxy groups -OCH3 is 1. The number of hydrogen-bond donors (Lipinski definition) is 0. The number of ether oxygens (including phenoxy) is 2. The molecule has 0 fully saturated rings. The van der Waals surface area contributed by atoms with Gasteiger partial charge in [0.25, 0.3) is 0 Å². The number of benzene rings is 1. The molecule has 0 aliphatic heterocycles. The van der Waals surface area contributed by atoms with Crippen LogP contribution < -0.4 is 0 Å². The fraction of sp³-hybridized carbons (Fsp3) is 0.333. The van der Waals surface area contributed by atoms with E-state index in [-0.39, 0.29) is 0 Å². The highest BCUT2D eigenvalue weighted by Gasteiger charge is 2.00. The standard InChI is InChI=1S/C9H10BrIO2/c1-12-6-13-5-7-4-8(10)2-3-9(7)11/h2-4H,5-6H2,1H3. The summed E-state index contributed by atoms with van der Waals surface area (Å²) in [6.45, 7) is 0.925. The molecule has 72 valence electrons. The van der Waals surface area contributed by atoms with E-state index in [0.717, 1.165) is 4.47 Å². The van der Waals surface area contributed by atoms with Gasteiger partial charge < -0.3 is 9.47 Å². The summed E-state index contributed by atoms with van der Waals surface area (Å²) in [4.78, 5) is 0. The van der Waals surface area contributed by atoms with E-state index in [9.17, 15) is 0 Å². The van der Waals surface area contributed by atoms with E-state index in [0.29, 0.717) is 13.4 Å². The van der Waals surface area contributed by atoms with Crippen LogP contribution in [0.1, 0.15) is 5.56 Å². The van der Waals surface area contributed by atoms with Crippen molar-refractivity contribution in [3.8, 4) is 0 Å². The molecule has 0 aliphatic rings. The molecule has 4 heteroatoms. The molecule has 13 heavy (non-hydrogen) atoms. The molecule has 1 aromatic carbocycles. The van der Waals surface area contributed by atoms with Gasteiger partial charge in [0.1, 0.15) is 6.79 Å². The lowest BCUT2D eigenvalue weighted by atomic mass is 10.2. The molecule has 0 unspecified atom stereocenters. The minimum absolute atomic E-state index is 0.336. The highest BCUT2D eigenvalue weighted by molar-refractivity contribution is 14.1. The summed E-state index contributed by atoms with van der Waals surface area (Å²) in [5.74, 6) is 0. The molecular weight excluding hydrogens is 347 g/mol. The Labute approximate surface area is 99.9 Å². The van der Waals surface area contributed by atoms with E-state index in [1.165, 1.54) is 9.13 Å². The molecule has 0 aliphatic carbocycles. The zero-order valence-electron chi connectivity index (χ0n) is 7.22. The Balaban J connectivity index is 2.59. The Hall–Kier alpha value is 0.350. The quantitative estimate of drug-likeness (QED) is 0.468. The van der Waals surface area contributed by atoms with E-state index in [1.54, 1.807) is 7.11 Å². The van der Waals surface area contributed by atoms with Gasteiger partial charge in [0.2, 0.25) is 0 Å². The van der Waals surface area contributed by atoms with Crippen LogP contribution in [-0.2, 0) is 16.1 Å². The number of halogens is 2. The molecule has 0 saturated heterocycles. The Kier molecular flexibility index (Phi) is 5.23. The first-order valence-electron chi connectivity index (χ1n) is 3.74. The highest BCUT2D eigenvalue weighted by Crippen LogP contribution is 2.18. The topological polar surface area (TPSA) is 18.5 Å². The molecule has 0 atom stereocenters. The van der Waals surface area contributed by atoms with Crippen LogP contribution in [0.2, 0.25) is 0 Å². The van der Waals surface area contributed by atoms with E-state index in [1.807, 2.05) is 6.07 Å². The van der Waals surface area contributed by atoms with Crippen molar-refractivity contribution in [2.45, 2.75) is 6.61 Å². The molecular formula is C9H10BrIO2. The third-order valence-electron chi connectivity index (χ3n) is 1.47. The van der Waals surface area contributed by atoms with Gasteiger partial charge in [0, 0.05) is 15.2 Å². The Morgan fingerprint density at radius 2 is 2.23 bits per heavy atom. The van der Waals surface area contributed by atoms with Crippen LogP contribution in [0.3, 0.4) is 0 Å². The van der Waals surface area contributed by atoms with E-state index >= 15 is 0 Å². The molecule has 0 aromatic heterocycles. The zero-order valence-corrected chi connectivity index (χ0v) is 11.0. The van der Waals surface area contributed by atoms with Crippen molar-refractivity contribution < 1.29 is 9.47 Å². The molecule has 1 rings (SSSR count). The van der Waals surface area contributed by atoms with Gasteiger partial charge in [-0.3, -0.25) is 0 Å². The second kappa shape index (κ2) is 5.95. The third kappa shape index (κ3) is 3.93. The summed E-state index contributed by atoms with van der Waals surface area (Å²) < 4.78 is 12.3. The summed E-state index contributed by atoms with van der Waals surface area (Å²) in [5.41, 5.74) is 1.17. The van der Waals surface area contributed by atoms with Crippen LogP contribution in [0, 0.1) is 3.57 Å². The molecule has 0 amide bonds. The van der Waals surface area contributed by atoms with E-state index in [4.69, 9.17) is 9.47 Å². The van der Waals surface area contributed by atoms with E-state index < -0.39 is 0 Å². The van der Waals surface area contributed by atoms with Gasteiger partial charge in [-0.05, 0) is 46.4 Å². The second-order valence-electron chi connectivity index (χ2n) is 2.49. The molecule has 0 saturated carbocycles. The maximum atomic E-state index is 5.26. The van der Waals surface area contributed by atoms with Crippen molar-refractivity contribution in [3.05, 3.63) is 31.8 Å². The summed E-state index contributed by atoms with van der Waals surface area (Å²) in [7, 11) is 1.62. The smallest absolute Gasteiger partial charge is 0.146 e. The first-order valence-corrected chi connectivity index (χ1v) is 5.62. The van der Waals surface area contributed by atoms with Crippen molar-refractivity contribution in [3.63, 3.8) is 0 Å². The lowest BCUT2D eigenvalue weighted by Crippen LogP contribution is -1.98. The zero-order chi connectivity index (χ0) is 9.68. The highest BCUT2D eigenvalue weighted by atomic mass is 127. The Bertz CT molecular complexity index is 278. The molecule has 0 bridgehead atoms. The predicted molar refractivity (Wildman–Crippen MR) is 63.5 cm³/mol.